The van der Waals surface area contributed by atoms with Crippen LogP contribution in [0.5, 0.6) is 0 Å². The lowest BCUT2D eigenvalue weighted by Crippen LogP contribution is -2.39. The minimum absolute atomic E-state index is 0.179. The maximum atomic E-state index is 11.9. The van der Waals surface area contributed by atoms with Crippen LogP contribution in [0.1, 0.15) is 19.3 Å². The molecule has 0 radical (unpaired) electrons. The van der Waals surface area contributed by atoms with Crippen LogP contribution in [0.25, 0.3) is 0 Å². The number of hydrogen-bond donors (Lipinski definition) is 1. The fourth-order valence-electron chi connectivity index (χ4n) is 1.88. The Morgan fingerprint density at radius 3 is 2.57 bits per heavy atom. The van der Waals surface area contributed by atoms with Gasteiger partial charge in [0.1, 0.15) is 0 Å². The molecule has 1 atom stereocenters. The van der Waals surface area contributed by atoms with Crippen LogP contribution in [0.15, 0.2) is 0 Å². The molecule has 1 unspecified atom stereocenters. The third kappa shape index (κ3) is 2.27. The first kappa shape index (κ1) is 10.4. The van der Waals surface area contributed by atoms with Crippen molar-refractivity contribution in [3.8, 4) is 0 Å². The molecule has 1 N–H and O–H groups in total. The van der Waals surface area contributed by atoms with Crippen molar-refractivity contribution in [3.05, 3.63) is 0 Å². The van der Waals surface area contributed by atoms with Crippen LogP contribution < -0.4 is 5.32 Å². The van der Waals surface area contributed by atoms with E-state index in [2.05, 4.69) is 5.32 Å². The molecule has 2 fully saturated rings. The van der Waals surface area contributed by atoms with E-state index in [0.717, 1.165) is 32.4 Å². The summed E-state index contributed by atoms with van der Waals surface area (Å²) in [6, 6.07) is 0.179. The van der Waals surface area contributed by atoms with Crippen LogP contribution in [0.4, 0.5) is 0 Å². The zero-order valence-electron chi connectivity index (χ0n) is 8.57. The van der Waals surface area contributed by atoms with Gasteiger partial charge in [-0.1, -0.05) is 0 Å². The first-order valence-electron chi connectivity index (χ1n) is 5.26. The van der Waals surface area contributed by atoms with Gasteiger partial charge in [0.2, 0.25) is 10.0 Å². The highest BCUT2D eigenvalue weighted by Gasteiger charge is 2.34. The molecule has 0 bridgehead atoms. The Hall–Kier alpha value is -0.130. The SMILES string of the molecule is CN(C1CCNC1)S(=O)(=O)CC1CC1. The van der Waals surface area contributed by atoms with Crippen LogP contribution in [-0.2, 0) is 10.0 Å². The average Bonchev–Trinajstić information content (AvgIpc) is 2.77. The summed E-state index contributed by atoms with van der Waals surface area (Å²) in [5, 5.41) is 3.19. The Bertz CT molecular complexity index is 292. The third-order valence-corrected chi connectivity index (χ3v) is 5.20. The van der Waals surface area contributed by atoms with Crippen molar-refractivity contribution in [2.24, 2.45) is 5.92 Å². The monoisotopic (exact) mass is 218 g/mol. The minimum atomic E-state index is -2.99. The third-order valence-electron chi connectivity index (χ3n) is 3.13. The molecular formula is C9H18N2O2S. The Kier molecular flexibility index (Phi) is 2.81. The molecule has 4 nitrogen and oxygen atoms in total. The van der Waals surface area contributed by atoms with E-state index in [4.69, 9.17) is 0 Å². The molecule has 0 aromatic rings. The van der Waals surface area contributed by atoms with Crippen molar-refractivity contribution < 1.29 is 8.42 Å². The number of nitrogens with zero attached hydrogens (tertiary/aromatic N) is 1. The van der Waals surface area contributed by atoms with E-state index in [1.807, 2.05) is 0 Å². The molecule has 1 saturated carbocycles. The lowest BCUT2D eigenvalue weighted by molar-refractivity contribution is 0.386. The molecule has 0 aromatic carbocycles. The summed E-state index contributed by atoms with van der Waals surface area (Å²) < 4.78 is 25.3. The highest BCUT2D eigenvalue weighted by atomic mass is 32.2. The van der Waals surface area contributed by atoms with Crippen molar-refractivity contribution in [2.75, 3.05) is 25.9 Å². The maximum absolute atomic E-state index is 11.9. The van der Waals surface area contributed by atoms with Gasteiger partial charge in [-0.05, 0) is 31.7 Å². The van der Waals surface area contributed by atoms with Gasteiger partial charge in [-0.25, -0.2) is 12.7 Å². The van der Waals surface area contributed by atoms with Gasteiger partial charge in [-0.2, -0.15) is 0 Å². The summed E-state index contributed by atoms with van der Waals surface area (Å²) in [5.74, 6) is 0.803. The van der Waals surface area contributed by atoms with E-state index < -0.39 is 10.0 Å². The second-order valence-corrected chi connectivity index (χ2v) is 6.46. The summed E-state index contributed by atoms with van der Waals surface area (Å²) in [7, 11) is -1.27. The molecule has 5 heteroatoms. The van der Waals surface area contributed by atoms with Crippen LogP contribution in [0.3, 0.4) is 0 Å². The molecule has 0 amide bonds. The number of likely N-dealkylation sites (N-methyl/N-ethyl adjacent to an activating group) is 1. The molecule has 0 aromatic heterocycles. The number of nitrogens with one attached hydrogen (secondary N) is 1. The zero-order valence-corrected chi connectivity index (χ0v) is 9.39. The summed E-state index contributed by atoms with van der Waals surface area (Å²) in [5.41, 5.74) is 0. The van der Waals surface area contributed by atoms with Crippen molar-refractivity contribution in [3.63, 3.8) is 0 Å². The Morgan fingerprint density at radius 2 is 2.07 bits per heavy atom. The van der Waals surface area contributed by atoms with E-state index >= 15 is 0 Å². The van der Waals surface area contributed by atoms with E-state index in [1.54, 1.807) is 11.4 Å². The second-order valence-electron chi connectivity index (χ2n) is 4.38. The average molecular weight is 218 g/mol. The van der Waals surface area contributed by atoms with Crippen LogP contribution in [0, 0.1) is 5.92 Å². The van der Waals surface area contributed by atoms with Crippen molar-refractivity contribution in [2.45, 2.75) is 25.3 Å². The minimum Gasteiger partial charge on any atom is -0.315 e. The van der Waals surface area contributed by atoms with E-state index in [1.165, 1.54) is 0 Å². The van der Waals surface area contributed by atoms with Gasteiger partial charge in [-0.3, -0.25) is 0 Å². The van der Waals surface area contributed by atoms with Crippen molar-refractivity contribution >= 4 is 10.0 Å². The van der Waals surface area contributed by atoms with E-state index in [9.17, 15) is 8.42 Å². The summed E-state index contributed by atoms with van der Waals surface area (Å²) >= 11 is 0. The quantitative estimate of drug-likeness (QED) is 0.724. The second kappa shape index (κ2) is 3.79. The van der Waals surface area contributed by atoms with Gasteiger partial charge in [-0.15, -0.1) is 0 Å². The maximum Gasteiger partial charge on any atom is 0.214 e. The predicted octanol–water partition coefficient (Wildman–Crippen LogP) is 0.0199. The Balaban J connectivity index is 1.96. The molecular weight excluding hydrogens is 200 g/mol. The van der Waals surface area contributed by atoms with Gasteiger partial charge in [0, 0.05) is 19.6 Å². The van der Waals surface area contributed by atoms with Gasteiger partial charge in [0.15, 0.2) is 0 Å². The van der Waals surface area contributed by atoms with Gasteiger partial charge in [0.25, 0.3) is 0 Å². The summed E-state index contributed by atoms with van der Waals surface area (Å²) in [6.45, 7) is 1.74. The molecule has 1 saturated heterocycles. The topological polar surface area (TPSA) is 49.4 Å². The molecule has 2 rings (SSSR count). The molecule has 1 heterocycles. The first-order chi connectivity index (χ1) is 6.59. The number of sulfonamides is 1. The van der Waals surface area contributed by atoms with Crippen molar-refractivity contribution in [1.29, 1.82) is 0 Å². The smallest absolute Gasteiger partial charge is 0.214 e. The molecule has 1 aliphatic heterocycles. The van der Waals surface area contributed by atoms with Crippen LogP contribution in [0.2, 0.25) is 0 Å². The highest BCUT2D eigenvalue weighted by molar-refractivity contribution is 7.89. The highest BCUT2D eigenvalue weighted by Crippen LogP contribution is 2.31. The number of hydrogen-bond acceptors (Lipinski definition) is 3. The Morgan fingerprint density at radius 1 is 1.36 bits per heavy atom. The molecule has 82 valence electrons. The lowest BCUT2D eigenvalue weighted by atomic mass is 10.3. The fraction of sp³-hybridized carbons (Fsp3) is 1.00. The molecule has 2 aliphatic rings. The van der Waals surface area contributed by atoms with Gasteiger partial charge < -0.3 is 5.32 Å². The predicted molar refractivity (Wildman–Crippen MR) is 55.5 cm³/mol. The Labute approximate surface area is 85.7 Å². The normalized spacial score (nSPS) is 28.6. The standard InChI is InChI=1S/C9H18N2O2S/c1-11(9-4-5-10-6-9)14(12,13)7-8-2-3-8/h8-10H,2-7H2,1H3. The van der Waals surface area contributed by atoms with E-state index in [0.29, 0.717) is 11.7 Å². The summed E-state index contributed by atoms with van der Waals surface area (Å²) in [4.78, 5) is 0. The lowest BCUT2D eigenvalue weighted by Gasteiger charge is -2.22. The van der Waals surface area contributed by atoms with Gasteiger partial charge in [0.05, 0.1) is 5.75 Å². The van der Waals surface area contributed by atoms with E-state index in [-0.39, 0.29) is 6.04 Å². The van der Waals surface area contributed by atoms with Crippen LogP contribution >= 0.6 is 0 Å². The summed E-state index contributed by atoms with van der Waals surface area (Å²) in [6.07, 6.45) is 3.13. The first-order valence-corrected chi connectivity index (χ1v) is 6.87. The largest absolute Gasteiger partial charge is 0.315 e. The van der Waals surface area contributed by atoms with Crippen molar-refractivity contribution in [1.82, 2.24) is 9.62 Å². The molecule has 14 heavy (non-hydrogen) atoms. The number of rotatable bonds is 4. The molecule has 1 aliphatic carbocycles. The van der Waals surface area contributed by atoms with Gasteiger partial charge >= 0.3 is 0 Å². The molecule has 0 spiro atoms. The fourth-order valence-corrected chi connectivity index (χ4v) is 3.68. The van der Waals surface area contributed by atoms with Crippen LogP contribution in [-0.4, -0.2) is 44.7 Å². The zero-order chi connectivity index (χ0) is 10.2.